The first-order chi connectivity index (χ1) is 14.2. The molecule has 2 aliphatic carbocycles. The van der Waals surface area contributed by atoms with E-state index in [0.717, 1.165) is 30.4 Å². The minimum atomic E-state index is -0.00941. The lowest BCUT2D eigenvalue weighted by Crippen LogP contribution is -2.25. The van der Waals surface area contributed by atoms with Crippen LogP contribution < -0.4 is 4.74 Å². The van der Waals surface area contributed by atoms with Gasteiger partial charge in [-0.3, -0.25) is 4.79 Å². The summed E-state index contributed by atoms with van der Waals surface area (Å²) in [7, 11) is 0. The molecule has 0 spiro atoms. The van der Waals surface area contributed by atoms with Gasteiger partial charge in [0.1, 0.15) is 5.75 Å². The molecule has 0 amide bonds. The molecule has 0 aromatic heterocycles. The van der Waals surface area contributed by atoms with Gasteiger partial charge in [0, 0.05) is 0 Å². The summed E-state index contributed by atoms with van der Waals surface area (Å²) in [5.74, 6) is 3.28. The third-order valence-corrected chi connectivity index (χ3v) is 7.51. The Balaban J connectivity index is 1.41. The van der Waals surface area contributed by atoms with Gasteiger partial charge in [-0.1, -0.05) is 64.5 Å². The maximum absolute atomic E-state index is 12.6. The molecule has 0 bridgehead atoms. The fourth-order valence-electron chi connectivity index (χ4n) is 5.57. The monoisotopic (exact) mass is 398 g/mol. The summed E-state index contributed by atoms with van der Waals surface area (Å²) in [5, 5.41) is 0. The Labute approximate surface area is 178 Å². The van der Waals surface area contributed by atoms with Crippen molar-refractivity contribution in [1.29, 1.82) is 0 Å². The van der Waals surface area contributed by atoms with E-state index in [1.807, 2.05) is 12.1 Å². The summed E-state index contributed by atoms with van der Waals surface area (Å²) >= 11 is 0. The van der Waals surface area contributed by atoms with Crippen LogP contribution in [0.2, 0.25) is 0 Å². The maximum atomic E-state index is 12.6. The molecule has 29 heavy (non-hydrogen) atoms. The predicted molar refractivity (Wildman–Crippen MR) is 121 cm³/mol. The molecule has 2 nitrogen and oxygen atoms in total. The SMILES string of the molecule is CCCCCC1CCC(C(=O)Oc2ccc(C3CCC(CCC)CC3)cc2)CC1. The summed E-state index contributed by atoms with van der Waals surface area (Å²) in [6.07, 6.45) is 17.8. The molecule has 0 atom stereocenters. The normalized spacial score (nSPS) is 27.5. The second-order valence-corrected chi connectivity index (χ2v) is 9.71. The number of unbranched alkanes of at least 4 members (excludes halogenated alkanes) is 2. The molecule has 3 rings (SSSR count). The van der Waals surface area contributed by atoms with E-state index in [9.17, 15) is 4.79 Å². The van der Waals surface area contributed by atoms with E-state index >= 15 is 0 Å². The number of carbonyl (C=O) groups is 1. The lowest BCUT2D eigenvalue weighted by molar-refractivity contribution is -0.140. The zero-order valence-corrected chi connectivity index (χ0v) is 18.8. The van der Waals surface area contributed by atoms with Gasteiger partial charge >= 0.3 is 5.97 Å². The first-order valence-electron chi connectivity index (χ1n) is 12.5. The van der Waals surface area contributed by atoms with E-state index in [4.69, 9.17) is 4.74 Å². The van der Waals surface area contributed by atoms with E-state index in [1.54, 1.807) is 0 Å². The molecule has 0 radical (unpaired) electrons. The summed E-state index contributed by atoms with van der Waals surface area (Å²) in [4.78, 5) is 12.6. The molecule has 2 heteroatoms. The maximum Gasteiger partial charge on any atom is 0.314 e. The Hall–Kier alpha value is -1.31. The van der Waals surface area contributed by atoms with Crippen LogP contribution in [-0.2, 0) is 4.79 Å². The van der Waals surface area contributed by atoms with Crippen LogP contribution in [0.5, 0.6) is 5.75 Å². The number of benzene rings is 1. The fraction of sp³-hybridized carbons (Fsp3) is 0.741. The van der Waals surface area contributed by atoms with Crippen LogP contribution in [0.1, 0.15) is 115 Å². The van der Waals surface area contributed by atoms with E-state index in [-0.39, 0.29) is 11.9 Å². The zero-order valence-electron chi connectivity index (χ0n) is 18.8. The summed E-state index contributed by atoms with van der Waals surface area (Å²) < 4.78 is 5.74. The molecule has 2 saturated carbocycles. The molecule has 162 valence electrons. The first-order valence-corrected chi connectivity index (χ1v) is 12.5. The fourth-order valence-corrected chi connectivity index (χ4v) is 5.57. The van der Waals surface area contributed by atoms with Crippen LogP contribution in [0, 0.1) is 17.8 Å². The zero-order chi connectivity index (χ0) is 20.5. The highest BCUT2D eigenvalue weighted by atomic mass is 16.5. The van der Waals surface area contributed by atoms with E-state index in [2.05, 4.69) is 26.0 Å². The lowest BCUT2D eigenvalue weighted by Gasteiger charge is -2.29. The van der Waals surface area contributed by atoms with Gasteiger partial charge in [0.2, 0.25) is 0 Å². The Bertz CT molecular complexity index is 589. The molecular weight excluding hydrogens is 356 g/mol. The van der Waals surface area contributed by atoms with Crippen molar-refractivity contribution in [2.45, 2.75) is 110 Å². The molecule has 0 aliphatic heterocycles. The van der Waals surface area contributed by atoms with E-state index in [0.29, 0.717) is 5.92 Å². The molecule has 0 N–H and O–H groups in total. The second-order valence-electron chi connectivity index (χ2n) is 9.71. The molecule has 0 saturated heterocycles. The van der Waals surface area contributed by atoms with Gasteiger partial charge in [0.25, 0.3) is 0 Å². The van der Waals surface area contributed by atoms with Crippen molar-refractivity contribution in [3.63, 3.8) is 0 Å². The third-order valence-electron chi connectivity index (χ3n) is 7.51. The van der Waals surface area contributed by atoms with Crippen molar-refractivity contribution in [2.24, 2.45) is 17.8 Å². The Morgan fingerprint density at radius 3 is 2.03 bits per heavy atom. The number of carbonyl (C=O) groups excluding carboxylic acids is 1. The van der Waals surface area contributed by atoms with Crippen LogP contribution in [0.4, 0.5) is 0 Å². The second kappa shape index (κ2) is 11.8. The molecule has 1 aromatic rings. The van der Waals surface area contributed by atoms with Crippen molar-refractivity contribution in [3.8, 4) is 5.75 Å². The van der Waals surface area contributed by atoms with Crippen molar-refractivity contribution >= 4 is 5.97 Å². The number of rotatable bonds is 9. The molecular formula is C27H42O2. The van der Waals surface area contributed by atoms with Crippen molar-refractivity contribution in [2.75, 3.05) is 0 Å². The van der Waals surface area contributed by atoms with Gasteiger partial charge in [-0.2, -0.15) is 0 Å². The molecule has 1 aromatic carbocycles. The van der Waals surface area contributed by atoms with Crippen molar-refractivity contribution in [1.82, 2.24) is 0 Å². The van der Waals surface area contributed by atoms with Crippen LogP contribution in [0.15, 0.2) is 24.3 Å². The molecule has 2 aliphatic rings. The predicted octanol–water partition coefficient (Wildman–Crippen LogP) is 8.05. The Kier molecular flexibility index (Phi) is 9.08. The van der Waals surface area contributed by atoms with E-state index in [1.165, 1.54) is 82.6 Å². The summed E-state index contributed by atoms with van der Waals surface area (Å²) in [6.45, 7) is 4.56. The van der Waals surface area contributed by atoms with Crippen LogP contribution in [-0.4, -0.2) is 5.97 Å². The standard InChI is InChI=1S/C27H42O2/c1-3-5-6-8-22-11-15-25(16-12-22)27(28)29-26-19-17-24(18-20-26)23-13-9-21(7-4-2)10-14-23/h17-23,25H,3-16H2,1-2H3. The van der Waals surface area contributed by atoms with Gasteiger partial charge in [0.05, 0.1) is 5.92 Å². The van der Waals surface area contributed by atoms with Crippen LogP contribution >= 0.6 is 0 Å². The van der Waals surface area contributed by atoms with Gasteiger partial charge in [-0.25, -0.2) is 0 Å². The van der Waals surface area contributed by atoms with Crippen molar-refractivity contribution in [3.05, 3.63) is 29.8 Å². The highest BCUT2D eigenvalue weighted by Crippen LogP contribution is 2.38. The minimum Gasteiger partial charge on any atom is -0.426 e. The number of hydrogen-bond donors (Lipinski definition) is 0. The third kappa shape index (κ3) is 6.86. The van der Waals surface area contributed by atoms with Gasteiger partial charge in [0.15, 0.2) is 0 Å². The van der Waals surface area contributed by atoms with Crippen LogP contribution in [0.3, 0.4) is 0 Å². The molecule has 0 unspecified atom stereocenters. The van der Waals surface area contributed by atoms with Gasteiger partial charge in [-0.15, -0.1) is 0 Å². The first kappa shape index (κ1) is 22.4. The van der Waals surface area contributed by atoms with Gasteiger partial charge < -0.3 is 4.74 Å². The quantitative estimate of drug-likeness (QED) is 0.239. The average Bonchev–Trinajstić information content (AvgIpc) is 2.76. The van der Waals surface area contributed by atoms with Gasteiger partial charge in [-0.05, 0) is 86.8 Å². The smallest absolute Gasteiger partial charge is 0.314 e. The number of ether oxygens (including phenoxy) is 1. The Morgan fingerprint density at radius 1 is 0.793 bits per heavy atom. The molecule has 0 heterocycles. The Morgan fingerprint density at radius 2 is 1.41 bits per heavy atom. The average molecular weight is 399 g/mol. The summed E-state index contributed by atoms with van der Waals surface area (Å²) in [5.41, 5.74) is 1.42. The van der Waals surface area contributed by atoms with Crippen molar-refractivity contribution < 1.29 is 9.53 Å². The minimum absolute atomic E-state index is 0.00941. The number of hydrogen-bond acceptors (Lipinski definition) is 2. The topological polar surface area (TPSA) is 26.3 Å². The highest BCUT2D eigenvalue weighted by Gasteiger charge is 2.27. The highest BCUT2D eigenvalue weighted by molar-refractivity contribution is 5.75. The van der Waals surface area contributed by atoms with Crippen LogP contribution in [0.25, 0.3) is 0 Å². The number of esters is 1. The lowest BCUT2D eigenvalue weighted by atomic mass is 9.77. The molecule has 2 fully saturated rings. The van der Waals surface area contributed by atoms with E-state index < -0.39 is 0 Å². The largest absolute Gasteiger partial charge is 0.426 e. The summed E-state index contributed by atoms with van der Waals surface area (Å²) in [6, 6.07) is 8.42.